The molecule has 0 aliphatic heterocycles. The molecule has 0 spiro atoms. The number of nitrogen functional groups attached to an aromatic ring is 1. The molecule has 0 aliphatic rings. The van der Waals surface area contributed by atoms with Gasteiger partial charge in [0.2, 0.25) is 11.7 Å². The number of aromatic nitrogens is 2. The Hall–Kier alpha value is -1.83. The topological polar surface area (TPSA) is 73.1 Å². The van der Waals surface area contributed by atoms with Gasteiger partial charge in [-0.3, -0.25) is 0 Å². The maximum atomic E-state index is 12.4. The SMILES string of the molecule is C=CCCOc1cc(NN)nc(C(F)(F)F)n1. The monoisotopic (exact) mass is 248 g/mol. The molecule has 17 heavy (non-hydrogen) atoms. The zero-order chi connectivity index (χ0) is 12.9. The van der Waals surface area contributed by atoms with Crippen LogP contribution in [-0.2, 0) is 6.18 Å². The first-order valence-corrected chi connectivity index (χ1v) is 4.64. The highest BCUT2D eigenvalue weighted by Gasteiger charge is 2.35. The average molecular weight is 248 g/mol. The number of hydrogen-bond donors (Lipinski definition) is 2. The minimum Gasteiger partial charge on any atom is -0.477 e. The van der Waals surface area contributed by atoms with E-state index in [1.807, 2.05) is 5.43 Å². The van der Waals surface area contributed by atoms with Gasteiger partial charge in [0.05, 0.1) is 6.61 Å². The number of nitrogens with one attached hydrogen (secondary N) is 1. The number of ether oxygens (including phenoxy) is 1. The third-order valence-electron chi connectivity index (χ3n) is 1.68. The molecular formula is C9H11F3N4O. The van der Waals surface area contributed by atoms with E-state index in [0.29, 0.717) is 6.42 Å². The van der Waals surface area contributed by atoms with Crippen LogP contribution in [0.2, 0.25) is 0 Å². The molecule has 0 saturated heterocycles. The summed E-state index contributed by atoms with van der Waals surface area (Å²) in [5.74, 6) is 3.34. The molecule has 1 aromatic rings. The standard InChI is InChI=1S/C9H11F3N4O/c1-2-3-4-17-7-5-6(16-13)14-8(15-7)9(10,11)12/h2,5H,1,3-4,13H2,(H,14,15,16). The number of rotatable bonds is 5. The molecule has 0 aromatic carbocycles. The van der Waals surface area contributed by atoms with Crippen LogP contribution in [0.15, 0.2) is 18.7 Å². The van der Waals surface area contributed by atoms with Gasteiger partial charge in [-0.05, 0) is 6.42 Å². The van der Waals surface area contributed by atoms with E-state index < -0.39 is 12.0 Å². The van der Waals surface area contributed by atoms with Crippen molar-refractivity contribution in [2.75, 3.05) is 12.0 Å². The minimum absolute atomic E-state index is 0.166. The molecule has 0 radical (unpaired) electrons. The number of hydrazine groups is 1. The van der Waals surface area contributed by atoms with E-state index in [1.165, 1.54) is 6.07 Å². The van der Waals surface area contributed by atoms with Crippen molar-refractivity contribution in [1.29, 1.82) is 0 Å². The predicted molar refractivity (Wildman–Crippen MR) is 55.2 cm³/mol. The van der Waals surface area contributed by atoms with Crippen LogP contribution in [0, 0.1) is 0 Å². The van der Waals surface area contributed by atoms with Crippen molar-refractivity contribution in [3.05, 3.63) is 24.5 Å². The van der Waals surface area contributed by atoms with Gasteiger partial charge in [-0.25, -0.2) is 10.8 Å². The number of anilines is 1. The second-order valence-corrected chi connectivity index (χ2v) is 2.98. The van der Waals surface area contributed by atoms with E-state index in [2.05, 4.69) is 16.5 Å². The summed E-state index contributed by atoms with van der Waals surface area (Å²) >= 11 is 0. The summed E-state index contributed by atoms with van der Waals surface area (Å²) in [6.45, 7) is 3.64. The molecule has 3 N–H and O–H groups in total. The van der Waals surface area contributed by atoms with Crippen molar-refractivity contribution < 1.29 is 17.9 Å². The molecule has 1 heterocycles. The Morgan fingerprint density at radius 1 is 1.47 bits per heavy atom. The van der Waals surface area contributed by atoms with Gasteiger partial charge < -0.3 is 10.2 Å². The van der Waals surface area contributed by atoms with E-state index >= 15 is 0 Å². The van der Waals surface area contributed by atoms with E-state index in [-0.39, 0.29) is 18.3 Å². The van der Waals surface area contributed by atoms with Crippen LogP contribution in [0.4, 0.5) is 19.0 Å². The Balaban J connectivity index is 2.93. The molecule has 5 nitrogen and oxygen atoms in total. The third-order valence-corrected chi connectivity index (χ3v) is 1.68. The number of halogens is 3. The van der Waals surface area contributed by atoms with E-state index in [4.69, 9.17) is 10.6 Å². The van der Waals surface area contributed by atoms with Crippen molar-refractivity contribution >= 4 is 5.82 Å². The van der Waals surface area contributed by atoms with Gasteiger partial charge in [0.1, 0.15) is 5.82 Å². The lowest BCUT2D eigenvalue weighted by molar-refractivity contribution is -0.145. The second kappa shape index (κ2) is 5.48. The zero-order valence-corrected chi connectivity index (χ0v) is 8.79. The van der Waals surface area contributed by atoms with Gasteiger partial charge >= 0.3 is 6.18 Å². The van der Waals surface area contributed by atoms with Crippen LogP contribution in [0.5, 0.6) is 5.88 Å². The lowest BCUT2D eigenvalue weighted by Gasteiger charge is -2.10. The molecule has 0 unspecified atom stereocenters. The fourth-order valence-corrected chi connectivity index (χ4v) is 0.946. The van der Waals surface area contributed by atoms with Gasteiger partial charge in [-0.15, -0.1) is 6.58 Å². The number of nitrogens with two attached hydrogens (primary N) is 1. The van der Waals surface area contributed by atoms with E-state index in [9.17, 15) is 13.2 Å². The van der Waals surface area contributed by atoms with Crippen molar-refractivity contribution in [2.45, 2.75) is 12.6 Å². The van der Waals surface area contributed by atoms with Gasteiger partial charge in [0.25, 0.3) is 0 Å². The van der Waals surface area contributed by atoms with Crippen LogP contribution in [0.1, 0.15) is 12.2 Å². The van der Waals surface area contributed by atoms with Crippen molar-refractivity contribution in [2.24, 2.45) is 5.84 Å². The molecule has 8 heteroatoms. The quantitative estimate of drug-likeness (QED) is 0.359. The molecule has 0 bridgehead atoms. The van der Waals surface area contributed by atoms with Gasteiger partial charge in [-0.2, -0.15) is 18.2 Å². The van der Waals surface area contributed by atoms with Gasteiger partial charge in [-0.1, -0.05) is 6.08 Å². The lowest BCUT2D eigenvalue weighted by Crippen LogP contribution is -2.16. The van der Waals surface area contributed by atoms with Crippen molar-refractivity contribution in [3.8, 4) is 5.88 Å². The lowest BCUT2D eigenvalue weighted by atomic mass is 10.4. The molecule has 0 amide bonds. The number of hydrogen-bond acceptors (Lipinski definition) is 5. The largest absolute Gasteiger partial charge is 0.477 e. The van der Waals surface area contributed by atoms with E-state index in [1.54, 1.807) is 6.08 Å². The molecule has 0 saturated carbocycles. The van der Waals surface area contributed by atoms with Crippen LogP contribution in [0.3, 0.4) is 0 Å². The minimum atomic E-state index is -4.65. The second-order valence-electron chi connectivity index (χ2n) is 2.98. The number of alkyl halides is 3. The maximum absolute atomic E-state index is 12.4. The Labute approximate surface area is 95.5 Å². The van der Waals surface area contributed by atoms with Crippen molar-refractivity contribution in [1.82, 2.24) is 9.97 Å². The zero-order valence-electron chi connectivity index (χ0n) is 8.79. The molecule has 0 atom stereocenters. The Kier molecular flexibility index (Phi) is 4.27. The maximum Gasteiger partial charge on any atom is 0.451 e. The third kappa shape index (κ3) is 3.91. The van der Waals surface area contributed by atoms with Crippen LogP contribution in [0.25, 0.3) is 0 Å². The highest BCUT2D eigenvalue weighted by Crippen LogP contribution is 2.28. The van der Waals surface area contributed by atoms with E-state index in [0.717, 1.165) is 0 Å². The highest BCUT2D eigenvalue weighted by molar-refractivity contribution is 5.37. The first kappa shape index (κ1) is 13.2. The highest BCUT2D eigenvalue weighted by atomic mass is 19.4. The average Bonchev–Trinajstić information content (AvgIpc) is 2.28. The molecule has 0 fully saturated rings. The molecular weight excluding hydrogens is 237 g/mol. The first-order chi connectivity index (χ1) is 7.97. The summed E-state index contributed by atoms with van der Waals surface area (Å²) in [4.78, 5) is 6.42. The summed E-state index contributed by atoms with van der Waals surface area (Å²) < 4.78 is 42.2. The van der Waals surface area contributed by atoms with Gasteiger partial charge in [0.15, 0.2) is 0 Å². The summed E-state index contributed by atoms with van der Waals surface area (Å²) in [7, 11) is 0. The van der Waals surface area contributed by atoms with Crippen LogP contribution in [-0.4, -0.2) is 16.6 Å². The normalized spacial score (nSPS) is 11.1. The van der Waals surface area contributed by atoms with Crippen LogP contribution < -0.4 is 16.0 Å². The Bertz CT molecular complexity index is 394. The molecule has 1 rings (SSSR count). The first-order valence-electron chi connectivity index (χ1n) is 4.64. The van der Waals surface area contributed by atoms with Crippen LogP contribution >= 0.6 is 0 Å². The summed E-state index contributed by atoms with van der Waals surface area (Å²) in [5.41, 5.74) is 2.02. The Morgan fingerprint density at radius 3 is 2.71 bits per heavy atom. The van der Waals surface area contributed by atoms with Gasteiger partial charge in [0, 0.05) is 6.07 Å². The predicted octanol–water partition coefficient (Wildman–Crippen LogP) is 1.74. The summed E-state index contributed by atoms with van der Waals surface area (Å²) in [6.07, 6.45) is -2.58. The fourth-order valence-electron chi connectivity index (χ4n) is 0.946. The molecule has 1 aromatic heterocycles. The Morgan fingerprint density at radius 2 is 2.18 bits per heavy atom. The fraction of sp³-hybridized carbons (Fsp3) is 0.333. The summed E-state index contributed by atoms with van der Waals surface area (Å²) in [6, 6.07) is 1.18. The molecule has 0 aliphatic carbocycles. The summed E-state index contributed by atoms with van der Waals surface area (Å²) in [5, 5.41) is 0. The number of nitrogens with zero attached hydrogens (tertiary/aromatic N) is 2. The smallest absolute Gasteiger partial charge is 0.451 e. The molecule has 94 valence electrons. The van der Waals surface area contributed by atoms with Crippen molar-refractivity contribution in [3.63, 3.8) is 0 Å².